The Bertz CT molecular complexity index is 274. The van der Waals surface area contributed by atoms with Gasteiger partial charge in [-0.25, -0.2) is 4.98 Å². The van der Waals surface area contributed by atoms with E-state index in [-0.39, 0.29) is 0 Å². The highest BCUT2D eigenvalue weighted by molar-refractivity contribution is 5.58. The molecule has 0 fully saturated rings. The van der Waals surface area contributed by atoms with Crippen LogP contribution in [0.4, 0.5) is 11.5 Å². The molecular formula is C10H17N3. The van der Waals surface area contributed by atoms with Gasteiger partial charge in [0.2, 0.25) is 0 Å². The lowest BCUT2D eigenvalue weighted by Gasteiger charge is -2.18. The summed E-state index contributed by atoms with van der Waals surface area (Å²) in [5, 5.41) is 0. The van der Waals surface area contributed by atoms with Crippen LogP contribution < -0.4 is 11.5 Å². The van der Waals surface area contributed by atoms with Crippen LogP contribution in [0.5, 0.6) is 0 Å². The number of nitrogens with two attached hydrogens (primary N) is 2. The Balaban J connectivity index is 3.12. The number of aromatic nitrogens is 1. The molecule has 72 valence electrons. The quantitative estimate of drug-likeness (QED) is 0.729. The average Bonchev–Trinajstić information content (AvgIpc) is 2.03. The van der Waals surface area contributed by atoms with Crippen molar-refractivity contribution in [3.8, 4) is 0 Å². The van der Waals surface area contributed by atoms with E-state index < -0.39 is 0 Å². The van der Waals surface area contributed by atoms with E-state index >= 15 is 0 Å². The number of anilines is 2. The molecule has 1 aromatic heterocycles. The van der Waals surface area contributed by atoms with Gasteiger partial charge in [0.25, 0.3) is 0 Å². The Morgan fingerprint density at radius 1 is 1.23 bits per heavy atom. The van der Waals surface area contributed by atoms with Gasteiger partial charge in [0.1, 0.15) is 5.82 Å². The molecule has 0 radical (unpaired) electrons. The minimum atomic E-state index is 0.355. The van der Waals surface area contributed by atoms with E-state index in [0.29, 0.717) is 17.7 Å². The van der Waals surface area contributed by atoms with Crippen LogP contribution in [0.3, 0.4) is 0 Å². The minimum Gasteiger partial charge on any atom is -0.398 e. The summed E-state index contributed by atoms with van der Waals surface area (Å²) >= 11 is 0. The van der Waals surface area contributed by atoms with Gasteiger partial charge >= 0.3 is 0 Å². The molecular weight excluding hydrogens is 162 g/mol. The van der Waals surface area contributed by atoms with Crippen molar-refractivity contribution in [2.75, 3.05) is 11.5 Å². The molecule has 0 aliphatic heterocycles. The molecule has 1 aromatic rings. The molecule has 0 aliphatic rings. The first-order valence-corrected chi connectivity index (χ1v) is 4.54. The van der Waals surface area contributed by atoms with Gasteiger partial charge in [-0.3, -0.25) is 0 Å². The van der Waals surface area contributed by atoms with Crippen molar-refractivity contribution in [3.63, 3.8) is 0 Å². The molecule has 1 atom stereocenters. The highest BCUT2D eigenvalue weighted by Crippen LogP contribution is 2.31. The van der Waals surface area contributed by atoms with E-state index in [1.165, 1.54) is 0 Å². The SMILES string of the molecule is CC(C)C(C)c1c(N)ccnc1N. The van der Waals surface area contributed by atoms with Gasteiger partial charge in [-0.2, -0.15) is 0 Å². The van der Waals surface area contributed by atoms with Crippen LogP contribution in [0, 0.1) is 5.92 Å². The fraction of sp³-hybridized carbons (Fsp3) is 0.500. The van der Waals surface area contributed by atoms with E-state index in [0.717, 1.165) is 11.3 Å². The molecule has 13 heavy (non-hydrogen) atoms. The molecule has 0 aliphatic carbocycles. The molecule has 1 rings (SSSR count). The van der Waals surface area contributed by atoms with Crippen LogP contribution in [0.1, 0.15) is 32.3 Å². The number of rotatable bonds is 2. The van der Waals surface area contributed by atoms with Gasteiger partial charge in [-0.05, 0) is 17.9 Å². The van der Waals surface area contributed by atoms with Crippen molar-refractivity contribution in [2.45, 2.75) is 26.7 Å². The van der Waals surface area contributed by atoms with Gasteiger partial charge < -0.3 is 11.5 Å². The molecule has 0 saturated heterocycles. The van der Waals surface area contributed by atoms with Gasteiger partial charge in [0.05, 0.1) is 0 Å². The van der Waals surface area contributed by atoms with Crippen molar-refractivity contribution in [1.82, 2.24) is 4.98 Å². The van der Waals surface area contributed by atoms with E-state index in [1.54, 1.807) is 12.3 Å². The standard InChI is InChI=1S/C10H17N3/c1-6(2)7(3)9-8(11)4-5-13-10(9)12/h4-7H,1-3H3,(H4,11,12,13). The Morgan fingerprint density at radius 2 is 1.85 bits per heavy atom. The Labute approximate surface area is 79.2 Å². The van der Waals surface area contributed by atoms with Crippen LogP contribution >= 0.6 is 0 Å². The minimum absolute atomic E-state index is 0.355. The Hall–Kier alpha value is -1.25. The molecule has 1 heterocycles. The van der Waals surface area contributed by atoms with Gasteiger partial charge in [0.15, 0.2) is 0 Å². The van der Waals surface area contributed by atoms with Crippen LogP contribution in [0.25, 0.3) is 0 Å². The normalized spacial score (nSPS) is 13.2. The zero-order valence-corrected chi connectivity index (χ0v) is 8.41. The maximum absolute atomic E-state index is 5.84. The maximum atomic E-state index is 5.84. The van der Waals surface area contributed by atoms with Gasteiger partial charge in [0, 0.05) is 17.4 Å². The Kier molecular flexibility index (Phi) is 2.76. The van der Waals surface area contributed by atoms with Crippen molar-refractivity contribution >= 4 is 11.5 Å². The third-order valence-corrected chi connectivity index (χ3v) is 2.51. The summed E-state index contributed by atoms with van der Waals surface area (Å²) in [5.41, 5.74) is 13.3. The average molecular weight is 179 g/mol. The predicted molar refractivity (Wildman–Crippen MR) is 56.3 cm³/mol. The van der Waals surface area contributed by atoms with E-state index in [9.17, 15) is 0 Å². The number of hydrogen-bond acceptors (Lipinski definition) is 3. The highest BCUT2D eigenvalue weighted by atomic mass is 14.8. The molecule has 0 amide bonds. The van der Waals surface area contributed by atoms with Crippen molar-refractivity contribution in [2.24, 2.45) is 5.92 Å². The van der Waals surface area contributed by atoms with Crippen molar-refractivity contribution < 1.29 is 0 Å². The van der Waals surface area contributed by atoms with Gasteiger partial charge in [-0.1, -0.05) is 20.8 Å². The highest BCUT2D eigenvalue weighted by Gasteiger charge is 2.16. The zero-order valence-electron chi connectivity index (χ0n) is 8.41. The molecule has 4 N–H and O–H groups in total. The van der Waals surface area contributed by atoms with Crippen LogP contribution in [0.15, 0.2) is 12.3 Å². The van der Waals surface area contributed by atoms with Crippen LogP contribution in [-0.2, 0) is 0 Å². The first-order valence-electron chi connectivity index (χ1n) is 4.54. The lowest BCUT2D eigenvalue weighted by Crippen LogP contribution is -2.10. The largest absolute Gasteiger partial charge is 0.398 e. The summed E-state index contributed by atoms with van der Waals surface area (Å²) in [7, 11) is 0. The second kappa shape index (κ2) is 3.64. The molecule has 0 saturated carbocycles. The first kappa shape index (κ1) is 9.84. The van der Waals surface area contributed by atoms with Crippen LogP contribution in [0.2, 0.25) is 0 Å². The number of hydrogen-bond donors (Lipinski definition) is 2. The lowest BCUT2D eigenvalue weighted by molar-refractivity contribution is 0.536. The summed E-state index contributed by atoms with van der Waals surface area (Å²) in [6, 6.07) is 1.80. The molecule has 3 heteroatoms. The number of nitrogens with zero attached hydrogens (tertiary/aromatic N) is 1. The third-order valence-electron chi connectivity index (χ3n) is 2.51. The van der Waals surface area contributed by atoms with Crippen molar-refractivity contribution in [1.29, 1.82) is 0 Å². The molecule has 0 aromatic carbocycles. The molecule has 3 nitrogen and oxygen atoms in total. The summed E-state index contributed by atoms with van der Waals surface area (Å²) in [6.45, 7) is 6.42. The predicted octanol–water partition coefficient (Wildman–Crippen LogP) is 2.01. The maximum Gasteiger partial charge on any atom is 0.128 e. The van der Waals surface area contributed by atoms with Crippen molar-refractivity contribution in [3.05, 3.63) is 17.8 Å². The number of nitrogen functional groups attached to an aromatic ring is 2. The monoisotopic (exact) mass is 179 g/mol. The third kappa shape index (κ3) is 1.91. The summed E-state index contributed by atoms with van der Waals surface area (Å²) in [4.78, 5) is 4.04. The zero-order chi connectivity index (χ0) is 10.0. The fourth-order valence-corrected chi connectivity index (χ4v) is 1.33. The number of pyridine rings is 1. The second-order valence-corrected chi connectivity index (χ2v) is 3.73. The summed E-state index contributed by atoms with van der Waals surface area (Å²) in [6.07, 6.45) is 1.64. The van der Waals surface area contributed by atoms with E-state index in [1.807, 2.05) is 0 Å². The molecule has 1 unspecified atom stereocenters. The van der Waals surface area contributed by atoms with E-state index in [2.05, 4.69) is 25.8 Å². The summed E-state index contributed by atoms with van der Waals surface area (Å²) < 4.78 is 0. The van der Waals surface area contributed by atoms with Crippen LogP contribution in [-0.4, -0.2) is 4.98 Å². The van der Waals surface area contributed by atoms with Gasteiger partial charge in [-0.15, -0.1) is 0 Å². The topological polar surface area (TPSA) is 64.9 Å². The fourth-order valence-electron chi connectivity index (χ4n) is 1.33. The lowest BCUT2D eigenvalue weighted by atomic mass is 9.90. The molecule has 0 bridgehead atoms. The molecule has 0 spiro atoms. The first-order chi connectivity index (χ1) is 6.04. The smallest absolute Gasteiger partial charge is 0.128 e. The second-order valence-electron chi connectivity index (χ2n) is 3.73. The summed E-state index contributed by atoms with van der Waals surface area (Å²) in [5.74, 6) is 1.43. The van der Waals surface area contributed by atoms with E-state index in [4.69, 9.17) is 11.5 Å². The Morgan fingerprint density at radius 3 is 2.31 bits per heavy atom.